The molecule has 0 aliphatic rings. The Kier molecular flexibility index (Phi) is 9.91. The molecule has 0 bridgehead atoms. The number of benzene rings is 3. The smallest absolute Gasteiger partial charge is 0.255 e. The number of nitrogens with zero attached hydrogens (tertiary/aromatic N) is 9. The van der Waals surface area contributed by atoms with Crippen molar-refractivity contribution in [3.05, 3.63) is 152 Å². The minimum Gasteiger partial charge on any atom is -0.457 e. The number of carbonyl (C=O) groups is 1. The number of nitrogen functional groups attached to an aromatic ring is 1. The van der Waals surface area contributed by atoms with E-state index in [2.05, 4.69) is 35.7 Å². The lowest BCUT2D eigenvalue weighted by Crippen LogP contribution is -2.12. The first-order chi connectivity index (χ1) is 25.8. The number of aryl methyl sites for hydroxylation is 2. The van der Waals surface area contributed by atoms with Crippen LogP contribution in [0.3, 0.4) is 0 Å². The van der Waals surface area contributed by atoms with E-state index in [4.69, 9.17) is 15.2 Å². The molecule has 0 aliphatic carbocycles. The summed E-state index contributed by atoms with van der Waals surface area (Å²) in [6.07, 6.45) is 13.9. The largest absolute Gasteiger partial charge is 0.457 e. The fourth-order valence-corrected chi connectivity index (χ4v) is 5.20. The predicted molar refractivity (Wildman–Crippen MR) is 200 cm³/mol. The summed E-state index contributed by atoms with van der Waals surface area (Å²) in [7, 11) is 3.73. The molecule has 0 unspecified atom stereocenters. The SMILES string of the molecule is Cn1cc(-c2cc(Oc3cccc(N)c3)ccn2)cn1.Cn1cc(-c2cc(Oc3cccc(NC(=O)c4cccc(-n5cnnc5)c4)c3)ccn2)cn1. The number of amides is 1. The van der Waals surface area contributed by atoms with Gasteiger partial charge in [0.05, 0.1) is 23.8 Å². The van der Waals surface area contributed by atoms with Crippen molar-refractivity contribution >= 4 is 17.3 Å². The van der Waals surface area contributed by atoms with Gasteiger partial charge in [-0.2, -0.15) is 10.2 Å². The number of carbonyl (C=O) groups excluding carboxylic acids is 1. The lowest BCUT2D eigenvalue weighted by Gasteiger charge is -2.10. The molecule has 5 heterocycles. The average Bonchev–Trinajstić information content (AvgIpc) is 3.96. The van der Waals surface area contributed by atoms with Gasteiger partial charge in [-0.1, -0.05) is 18.2 Å². The van der Waals surface area contributed by atoms with Gasteiger partial charge in [0, 0.05) is 96.9 Å². The number of nitrogens with one attached hydrogen (secondary N) is 1. The number of ether oxygens (including phenoxy) is 2. The van der Waals surface area contributed by atoms with Crippen molar-refractivity contribution in [3.8, 4) is 51.2 Å². The fraction of sp³-hybridized carbons (Fsp3) is 0.0513. The fourth-order valence-electron chi connectivity index (χ4n) is 5.20. The second-order valence-corrected chi connectivity index (χ2v) is 11.7. The van der Waals surface area contributed by atoms with Crippen LogP contribution in [-0.4, -0.2) is 50.2 Å². The predicted octanol–water partition coefficient (Wildman–Crippen LogP) is 6.96. The number of nitrogens with two attached hydrogens (primary N) is 1. The summed E-state index contributed by atoms with van der Waals surface area (Å²) in [5, 5.41) is 18.8. The Morgan fingerprint density at radius 1 is 0.660 bits per heavy atom. The molecular weight excluding hydrogens is 671 g/mol. The highest BCUT2D eigenvalue weighted by molar-refractivity contribution is 6.04. The highest BCUT2D eigenvalue weighted by atomic mass is 16.5. The number of hydrogen-bond acceptors (Lipinski definition) is 10. The molecule has 8 rings (SSSR count). The van der Waals surface area contributed by atoms with Gasteiger partial charge in [0.1, 0.15) is 35.7 Å². The molecule has 14 heteroatoms. The maximum Gasteiger partial charge on any atom is 0.255 e. The molecule has 1 amide bonds. The lowest BCUT2D eigenvalue weighted by atomic mass is 10.2. The molecule has 0 atom stereocenters. The van der Waals surface area contributed by atoms with Crippen LogP contribution >= 0.6 is 0 Å². The van der Waals surface area contributed by atoms with Gasteiger partial charge in [0.15, 0.2) is 0 Å². The normalized spacial score (nSPS) is 10.6. The summed E-state index contributed by atoms with van der Waals surface area (Å²) in [5.41, 5.74) is 11.8. The Balaban J connectivity index is 0.000000186. The number of anilines is 2. The Bertz CT molecular complexity index is 2470. The lowest BCUT2D eigenvalue weighted by molar-refractivity contribution is 0.102. The van der Waals surface area contributed by atoms with Crippen LogP contribution in [0.15, 0.2) is 147 Å². The summed E-state index contributed by atoms with van der Waals surface area (Å²) in [4.78, 5) is 21.5. The standard InChI is InChI=1S/C24H19N7O2.C15H14N4O/c1-30-14-18(13-28-30)23-12-22(8-9-25-23)33-21-7-3-5-19(11-21)29-24(32)17-4-2-6-20(10-17)31-15-26-27-16-31;1-19-10-11(9-18-19)15-8-14(5-6-17-15)20-13-4-2-3-12(16)7-13/h2-16H,1H3,(H,29,32);2-10H,16H2,1H3. The van der Waals surface area contributed by atoms with Crippen LogP contribution in [-0.2, 0) is 14.1 Å². The zero-order chi connectivity index (χ0) is 36.6. The third kappa shape index (κ3) is 8.77. The van der Waals surface area contributed by atoms with Crippen LogP contribution in [0.2, 0.25) is 0 Å². The van der Waals surface area contributed by atoms with Gasteiger partial charge in [-0.05, 0) is 54.6 Å². The second kappa shape index (κ2) is 15.5. The molecule has 0 spiro atoms. The summed E-state index contributed by atoms with van der Waals surface area (Å²) in [6.45, 7) is 0. The van der Waals surface area contributed by atoms with Crippen LogP contribution in [0.5, 0.6) is 23.0 Å². The molecule has 0 radical (unpaired) electrons. The topological polar surface area (TPSA) is 166 Å². The number of hydrogen-bond donors (Lipinski definition) is 2. The zero-order valence-corrected chi connectivity index (χ0v) is 28.7. The van der Waals surface area contributed by atoms with Crippen LogP contribution in [0.1, 0.15) is 10.4 Å². The summed E-state index contributed by atoms with van der Waals surface area (Å²) >= 11 is 0. The van der Waals surface area contributed by atoms with E-state index in [9.17, 15) is 4.79 Å². The molecule has 0 aliphatic heterocycles. The first-order valence-electron chi connectivity index (χ1n) is 16.3. The van der Waals surface area contributed by atoms with Crippen molar-refractivity contribution < 1.29 is 14.3 Å². The Morgan fingerprint density at radius 3 is 1.81 bits per heavy atom. The quantitative estimate of drug-likeness (QED) is 0.150. The summed E-state index contributed by atoms with van der Waals surface area (Å²) in [6, 6.07) is 29.1. The highest BCUT2D eigenvalue weighted by Gasteiger charge is 2.10. The van der Waals surface area contributed by atoms with E-state index in [1.165, 1.54) is 0 Å². The van der Waals surface area contributed by atoms with Crippen molar-refractivity contribution in [3.63, 3.8) is 0 Å². The van der Waals surface area contributed by atoms with Crippen molar-refractivity contribution in [1.82, 2.24) is 44.3 Å². The average molecular weight is 704 g/mol. The van der Waals surface area contributed by atoms with Crippen LogP contribution in [0.4, 0.5) is 11.4 Å². The number of aromatic nitrogens is 9. The molecule has 262 valence electrons. The molecule has 53 heavy (non-hydrogen) atoms. The van der Waals surface area contributed by atoms with Gasteiger partial charge in [-0.15, -0.1) is 10.2 Å². The first kappa shape index (κ1) is 33.9. The molecule has 0 saturated carbocycles. The van der Waals surface area contributed by atoms with E-state index in [1.807, 2.05) is 93.2 Å². The minimum absolute atomic E-state index is 0.232. The van der Waals surface area contributed by atoms with Gasteiger partial charge in [0.25, 0.3) is 5.91 Å². The van der Waals surface area contributed by atoms with E-state index >= 15 is 0 Å². The number of pyridine rings is 2. The summed E-state index contributed by atoms with van der Waals surface area (Å²) in [5.74, 6) is 2.41. The Labute approximate surface area is 304 Å². The molecule has 5 aromatic heterocycles. The zero-order valence-electron chi connectivity index (χ0n) is 28.7. The maximum atomic E-state index is 12.8. The maximum absolute atomic E-state index is 12.8. The molecule has 0 fully saturated rings. The van der Waals surface area contributed by atoms with Gasteiger partial charge in [-0.25, -0.2) is 0 Å². The molecule has 3 N–H and O–H groups in total. The van der Waals surface area contributed by atoms with Gasteiger partial charge < -0.3 is 20.5 Å². The van der Waals surface area contributed by atoms with Crippen molar-refractivity contribution in [2.75, 3.05) is 11.1 Å². The van der Waals surface area contributed by atoms with E-state index < -0.39 is 0 Å². The molecule has 3 aromatic carbocycles. The van der Waals surface area contributed by atoms with E-state index in [0.717, 1.165) is 28.2 Å². The third-order valence-corrected chi connectivity index (χ3v) is 7.71. The van der Waals surface area contributed by atoms with E-state index in [-0.39, 0.29) is 5.91 Å². The second-order valence-electron chi connectivity index (χ2n) is 11.7. The Morgan fingerprint density at radius 2 is 1.23 bits per heavy atom. The third-order valence-electron chi connectivity index (χ3n) is 7.71. The monoisotopic (exact) mass is 703 g/mol. The highest BCUT2D eigenvalue weighted by Crippen LogP contribution is 2.28. The first-order valence-corrected chi connectivity index (χ1v) is 16.3. The Hall–Kier alpha value is -7.61. The minimum atomic E-state index is -0.232. The van der Waals surface area contributed by atoms with Gasteiger partial charge >= 0.3 is 0 Å². The van der Waals surface area contributed by atoms with E-state index in [1.54, 1.807) is 81.7 Å². The van der Waals surface area contributed by atoms with Crippen molar-refractivity contribution in [2.24, 2.45) is 14.1 Å². The molecular formula is C39H33N11O3. The number of rotatable bonds is 9. The van der Waals surface area contributed by atoms with Gasteiger partial charge in [-0.3, -0.25) is 28.7 Å². The van der Waals surface area contributed by atoms with Gasteiger partial charge in [0.2, 0.25) is 0 Å². The molecule has 8 aromatic rings. The van der Waals surface area contributed by atoms with Crippen LogP contribution in [0.25, 0.3) is 28.2 Å². The van der Waals surface area contributed by atoms with Crippen molar-refractivity contribution in [1.29, 1.82) is 0 Å². The van der Waals surface area contributed by atoms with Crippen LogP contribution < -0.4 is 20.5 Å². The molecule has 0 saturated heterocycles. The van der Waals surface area contributed by atoms with Crippen molar-refractivity contribution in [2.45, 2.75) is 0 Å². The van der Waals surface area contributed by atoms with E-state index in [0.29, 0.717) is 39.9 Å². The summed E-state index contributed by atoms with van der Waals surface area (Å²) < 4.78 is 17.0. The van der Waals surface area contributed by atoms with Crippen LogP contribution in [0, 0.1) is 0 Å². The molecule has 14 nitrogen and oxygen atoms in total.